The lowest BCUT2D eigenvalue weighted by atomic mass is 10.3. The first kappa shape index (κ1) is 16.0. The first-order valence-electron chi connectivity index (χ1n) is 8.35. The van der Waals surface area contributed by atoms with Gasteiger partial charge in [-0.05, 0) is 13.0 Å². The molecule has 1 aliphatic heterocycles. The van der Waals surface area contributed by atoms with Crippen molar-refractivity contribution in [1.29, 1.82) is 0 Å². The van der Waals surface area contributed by atoms with Gasteiger partial charge in [0.25, 0.3) is 5.56 Å². The number of carbonyl (C=O) groups excluding carboxylic acids is 1. The first-order chi connectivity index (χ1) is 12.1. The van der Waals surface area contributed by atoms with E-state index in [0.717, 1.165) is 15.5 Å². The molecule has 1 aliphatic rings. The summed E-state index contributed by atoms with van der Waals surface area (Å²) in [5.41, 5.74) is 0.0112. The van der Waals surface area contributed by atoms with Gasteiger partial charge in [0.15, 0.2) is 0 Å². The highest BCUT2D eigenvalue weighted by molar-refractivity contribution is 7.18. The van der Waals surface area contributed by atoms with Crippen molar-refractivity contribution in [2.24, 2.45) is 0 Å². The second-order valence-corrected chi connectivity index (χ2v) is 7.48. The van der Waals surface area contributed by atoms with E-state index in [-0.39, 0.29) is 11.5 Å². The maximum absolute atomic E-state index is 12.7. The molecular formula is C17H19N5O2S. The molecule has 0 aliphatic carbocycles. The van der Waals surface area contributed by atoms with E-state index in [4.69, 9.17) is 0 Å². The lowest BCUT2D eigenvalue weighted by Gasteiger charge is -2.19. The highest BCUT2D eigenvalue weighted by Gasteiger charge is 2.21. The third kappa shape index (κ3) is 3.09. The summed E-state index contributed by atoms with van der Waals surface area (Å²) < 4.78 is 3.63. The van der Waals surface area contributed by atoms with Gasteiger partial charge < -0.3 is 9.47 Å². The van der Waals surface area contributed by atoms with Crippen LogP contribution in [0, 0.1) is 6.92 Å². The average molecular weight is 357 g/mol. The fourth-order valence-electron chi connectivity index (χ4n) is 3.22. The molecule has 25 heavy (non-hydrogen) atoms. The molecule has 0 saturated heterocycles. The van der Waals surface area contributed by atoms with Gasteiger partial charge in [0.1, 0.15) is 10.7 Å². The lowest BCUT2D eigenvalue weighted by Crippen LogP contribution is -2.34. The van der Waals surface area contributed by atoms with Gasteiger partial charge in [-0.1, -0.05) is 0 Å². The Labute approximate surface area is 148 Å². The number of rotatable bonds is 3. The van der Waals surface area contributed by atoms with E-state index in [1.54, 1.807) is 28.4 Å². The zero-order valence-electron chi connectivity index (χ0n) is 14.0. The molecule has 0 bridgehead atoms. The van der Waals surface area contributed by atoms with E-state index in [1.807, 2.05) is 28.7 Å². The fourth-order valence-corrected chi connectivity index (χ4v) is 4.11. The van der Waals surface area contributed by atoms with E-state index in [1.165, 1.54) is 0 Å². The summed E-state index contributed by atoms with van der Waals surface area (Å²) in [6.07, 6.45) is 6.31. The molecule has 0 N–H and O–H groups in total. The fraction of sp³-hybridized carbons (Fsp3) is 0.412. The van der Waals surface area contributed by atoms with E-state index < -0.39 is 0 Å². The Hall–Kier alpha value is -2.48. The normalized spacial score (nSPS) is 14.5. The van der Waals surface area contributed by atoms with Gasteiger partial charge in [-0.2, -0.15) is 0 Å². The number of aryl methyl sites for hydroxylation is 2. The number of carbonyl (C=O) groups is 1. The van der Waals surface area contributed by atoms with Crippen LogP contribution in [-0.2, 0) is 24.3 Å². The summed E-state index contributed by atoms with van der Waals surface area (Å²) in [4.78, 5) is 37.6. The van der Waals surface area contributed by atoms with Crippen LogP contribution in [0.4, 0.5) is 0 Å². The molecule has 0 unspecified atom stereocenters. The van der Waals surface area contributed by atoms with Crippen molar-refractivity contribution in [2.45, 2.75) is 32.9 Å². The van der Waals surface area contributed by atoms with Crippen molar-refractivity contribution in [3.8, 4) is 0 Å². The van der Waals surface area contributed by atoms with E-state index in [9.17, 15) is 9.59 Å². The third-order valence-electron chi connectivity index (χ3n) is 4.55. The number of aromatic nitrogens is 4. The van der Waals surface area contributed by atoms with Crippen LogP contribution in [0.3, 0.4) is 0 Å². The van der Waals surface area contributed by atoms with Gasteiger partial charge >= 0.3 is 0 Å². The second kappa shape index (κ2) is 6.44. The second-order valence-electron chi connectivity index (χ2n) is 6.24. The Balaban J connectivity index is 1.50. The van der Waals surface area contributed by atoms with E-state index in [0.29, 0.717) is 44.4 Å². The largest absolute Gasteiger partial charge is 0.340 e. The van der Waals surface area contributed by atoms with Crippen LogP contribution in [0.15, 0.2) is 29.6 Å². The Morgan fingerprint density at radius 3 is 3.00 bits per heavy atom. The summed E-state index contributed by atoms with van der Waals surface area (Å²) in [7, 11) is 0. The molecule has 3 aromatic rings. The van der Waals surface area contributed by atoms with Gasteiger partial charge in [0, 0.05) is 56.3 Å². The number of hydrogen-bond acceptors (Lipinski definition) is 5. The molecule has 3 aromatic heterocycles. The molecule has 0 radical (unpaired) electrons. The molecule has 1 amide bonds. The van der Waals surface area contributed by atoms with Crippen molar-refractivity contribution < 1.29 is 4.79 Å². The van der Waals surface area contributed by atoms with Crippen molar-refractivity contribution >= 4 is 27.5 Å². The van der Waals surface area contributed by atoms with Gasteiger partial charge in [-0.25, -0.2) is 9.97 Å². The first-order valence-corrected chi connectivity index (χ1v) is 9.17. The zero-order chi connectivity index (χ0) is 17.4. The molecule has 0 fully saturated rings. The molecule has 0 atom stereocenters. The number of fused-ring (bicyclic) bond motifs is 2. The molecule has 0 aromatic carbocycles. The summed E-state index contributed by atoms with van der Waals surface area (Å²) in [6, 6.07) is 1.90. The third-order valence-corrected chi connectivity index (χ3v) is 5.49. The van der Waals surface area contributed by atoms with Crippen LogP contribution < -0.4 is 5.56 Å². The molecular weight excluding hydrogens is 338 g/mol. The van der Waals surface area contributed by atoms with E-state index in [2.05, 4.69) is 9.97 Å². The molecule has 7 nitrogen and oxygen atoms in total. The van der Waals surface area contributed by atoms with Gasteiger partial charge in [0.05, 0.1) is 11.7 Å². The van der Waals surface area contributed by atoms with Crippen molar-refractivity contribution in [3.63, 3.8) is 0 Å². The predicted octanol–water partition coefficient (Wildman–Crippen LogP) is 1.44. The minimum atomic E-state index is 0.0112. The lowest BCUT2D eigenvalue weighted by molar-refractivity contribution is -0.131. The van der Waals surface area contributed by atoms with Crippen LogP contribution in [0.25, 0.3) is 10.2 Å². The van der Waals surface area contributed by atoms with E-state index >= 15 is 0 Å². The zero-order valence-corrected chi connectivity index (χ0v) is 14.8. The standard InChI is InChI=1S/C17H19N5O2S/c1-12-10-13-16(25-12)19-14-2-6-21(8-9-22(14)17(13)24)15(23)3-5-20-7-4-18-11-20/h4,7,10-11H,2-3,5-6,8-9H2,1H3. The van der Waals surface area contributed by atoms with Crippen molar-refractivity contribution in [3.05, 3.63) is 45.8 Å². The van der Waals surface area contributed by atoms with Crippen LogP contribution in [0.1, 0.15) is 17.1 Å². The number of thiophene rings is 1. The molecule has 0 saturated carbocycles. The quantitative estimate of drug-likeness (QED) is 0.711. The van der Waals surface area contributed by atoms with Gasteiger partial charge in [-0.15, -0.1) is 11.3 Å². The Kier molecular flexibility index (Phi) is 4.12. The maximum Gasteiger partial charge on any atom is 0.262 e. The van der Waals surface area contributed by atoms with Crippen LogP contribution in [0.2, 0.25) is 0 Å². The Morgan fingerprint density at radius 1 is 1.32 bits per heavy atom. The molecule has 4 rings (SSSR count). The van der Waals surface area contributed by atoms with Crippen LogP contribution >= 0.6 is 11.3 Å². The predicted molar refractivity (Wildman–Crippen MR) is 95.7 cm³/mol. The number of nitrogens with zero attached hydrogens (tertiary/aromatic N) is 5. The molecule has 0 spiro atoms. The number of imidazole rings is 1. The average Bonchev–Trinajstić information content (AvgIpc) is 3.18. The van der Waals surface area contributed by atoms with Crippen molar-refractivity contribution in [1.82, 2.24) is 24.0 Å². The summed E-state index contributed by atoms with van der Waals surface area (Å²) in [5, 5.41) is 0.686. The highest BCUT2D eigenvalue weighted by atomic mass is 32.1. The maximum atomic E-state index is 12.7. The Morgan fingerprint density at radius 2 is 2.20 bits per heavy atom. The summed E-state index contributed by atoms with van der Waals surface area (Å²) in [6.45, 7) is 4.26. The monoisotopic (exact) mass is 357 g/mol. The smallest absolute Gasteiger partial charge is 0.262 e. The molecule has 8 heteroatoms. The summed E-state index contributed by atoms with van der Waals surface area (Å²) in [5.74, 6) is 0.886. The number of amides is 1. The van der Waals surface area contributed by atoms with Crippen LogP contribution in [0.5, 0.6) is 0 Å². The minimum Gasteiger partial charge on any atom is -0.340 e. The number of hydrogen-bond donors (Lipinski definition) is 0. The SMILES string of the molecule is Cc1cc2c(=O)n3c(nc2s1)CCN(C(=O)CCn1ccnc1)CC3. The van der Waals surface area contributed by atoms with Gasteiger partial charge in [0.2, 0.25) is 5.91 Å². The summed E-state index contributed by atoms with van der Waals surface area (Å²) >= 11 is 1.55. The molecule has 4 heterocycles. The highest BCUT2D eigenvalue weighted by Crippen LogP contribution is 2.21. The van der Waals surface area contributed by atoms with Crippen molar-refractivity contribution in [2.75, 3.05) is 13.1 Å². The van der Waals surface area contributed by atoms with Crippen LogP contribution in [-0.4, -0.2) is 43.0 Å². The topological polar surface area (TPSA) is 73.0 Å². The van der Waals surface area contributed by atoms with Gasteiger partial charge in [-0.3, -0.25) is 14.2 Å². The molecule has 130 valence electrons. The Bertz CT molecular complexity index is 973. The minimum absolute atomic E-state index is 0.0112.